The third kappa shape index (κ3) is 5.04. The lowest BCUT2D eigenvalue weighted by Crippen LogP contribution is -2.25. The number of carboxylic acid groups (broad SMARTS) is 1. The zero-order valence-corrected chi connectivity index (χ0v) is 12.0. The van der Waals surface area contributed by atoms with Crippen molar-refractivity contribution in [2.24, 2.45) is 4.99 Å². The number of para-hydroxylation sites is 1. The van der Waals surface area contributed by atoms with Crippen LogP contribution in [0.2, 0.25) is 0 Å². The van der Waals surface area contributed by atoms with Gasteiger partial charge in [0.1, 0.15) is 5.60 Å². The van der Waals surface area contributed by atoms with Crippen molar-refractivity contribution >= 4 is 29.7 Å². The molecule has 0 heterocycles. The van der Waals surface area contributed by atoms with Gasteiger partial charge in [-0.2, -0.15) is 0 Å². The third-order valence-electron chi connectivity index (χ3n) is 2.21. The number of carbonyl (C=O) groups excluding carboxylic acids is 1. The number of nitrogens with zero attached hydrogens (tertiary/aromatic N) is 2. The molecule has 21 heavy (non-hydrogen) atoms. The lowest BCUT2D eigenvalue weighted by atomic mass is 10.2. The number of carbonyl (C=O) groups is 2. The van der Waals surface area contributed by atoms with E-state index in [1.807, 2.05) is 0 Å². The second-order valence-electron chi connectivity index (χ2n) is 5.11. The summed E-state index contributed by atoms with van der Waals surface area (Å²) in [6, 6.07) is 6.03. The van der Waals surface area contributed by atoms with Crippen LogP contribution in [0.4, 0.5) is 5.69 Å². The molecule has 1 aromatic rings. The van der Waals surface area contributed by atoms with E-state index in [1.165, 1.54) is 12.1 Å². The van der Waals surface area contributed by atoms with Gasteiger partial charge >= 0.3 is 11.9 Å². The maximum absolute atomic E-state index is 11.7. The van der Waals surface area contributed by atoms with Crippen molar-refractivity contribution in [1.29, 1.82) is 0 Å². The highest BCUT2D eigenvalue weighted by molar-refractivity contribution is 6.18. The lowest BCUT2D eigenvalue weighted by molar-refractivity contribution is -0.148. The minimum Gasteiger partial charge on any atom is -0.763 e. The number of esters is 1. The first-order chi connectivity index (χ1) is 9.74. The summed E-state index contributed by atoms with van der Waals surface area (Å²) in [6.45, 7) is 5.03. The Kier molecular flexibility index (Phi) is 5.16. The molecule has 0 unspecified atom stereocenters. The average molecular weight is 287 g/mol. The first-order valence-corrected chi connectivity index (χ1v) is 6.11. The van der Waals surface area contributed by atoms with Gasteiger partial charge in [-0.1, -0.05) is 12.1 Å². The molecule has 1 N–H and O–H groups in total. The third-order valence-corrected chi connectivity index (χ3v) is 2.21. The number of carboxylic acids is 1. The summed E-state index contributed by atoms with van der Waals surface area (Å²) in [7, 11) is 0. The molecule has 0 fully saturated rings. The topological polar surface area (TPSA) is 98.3 Å². The van der Waals surface area contributed by atoms with Crippen LogP contribution in [0.3, 0.4) is 0 Å². The van der Waals surface area contributed by atoms with Crippen molar-refractivity contribution in [2.75, 3.05) is 0 Å². The van der Waals surface area contributed by atoms with Crippen LogP contribution < -0.4 is 0 Å². The highest BCUT2D eigenvalue weighted by Crippen LogP contribution is 2.18. The van der Waals surface area contributed by atoms with E-state index in [9.17, 15) is 9.59 Å². The summed E-state index contributed by atoms with van der Waals surface area (Å²) in [5.41, 5.74) is -0.895. The van der Waals surface area contributed by atoms with Gasteiger partial charge in [0.2, 0.25) is 0 Å². The molecular weight excluding hydrogens is 272 g/mol. The Morgan fingerprint density at radius 2 is 1.95 bits per heavy atom. The highest BCUT2D eigenvalue weighted by atomic mass is 16.6. The fraction of sp³-hybridized carbons (Fsp3) is 0.267. The molecule has 0 bridgehead atoms. The summed E-state index contributed by atoms with van der Waals surface area (Å²) in [5.74, 6) is -0.256. The van der Waals surface area contributed by atoms with Crippen LogP contribution >= 0.6 is 0 Å². The molecule has 0 radical (unpaired) electrons. The minimum absolute atomic E-state index is 0.0183. The van der Waals surface area contributed by atoms with Gasteiger partial charge in [-0.3, -0.25) is 10.9 Å². The molecule has 0 aliphatic heterocycles. The zero-order chi connectivity index (χ0) is 16.0. The van der Waals surface area contributed by atoms with Gasteiger partial charge in [-0.15, -0.1) is 0 Å². The summed E-state index contributed by atoms with van der Waals surface area (Å²) < 4.78 is 5.05. The Labute approximate surface area is 122 Å². The van der Waals surface area contributed by atoms with E-state index >= 15 is 0 Å². The van der Waals surface area contributed by atoms with Gasteiger partial charge in [0.05, 0.1) is 16.8 Å². The van der Waals surface area contributed by atoms with Crippen molar-refractivity contribution < 1.29 is 19.4 Å². The number of hydrogen-bond acceptors (Lipinski definition) is 4. The smallest absolute Gasteiger partial charge is 0.346 e. The molecule has 0 aliphatic rings. The van der Waals surface area contributed by atoms with Crippen LogP contribution in [0.25, 0.3) is 5.41 Å². The standard InChI is InChI=1S/C15H15N2O4/c1-15(2,3)21-14(20)10(8-16)9-17-12-7-5-4-6-11(12)13(18)19/h4-7,9H,1-3H3,(H,18,19)/q-1. The van der Waals surface area contributed by atoms with E-state index in [-0.39, 0.29) is 16.8 Å². The lowest BCUT2D eigenvalue weighted by Gasteiger charge is -2.19. The Balaban J connectivity index is 3.01. The largest absolute Gasteiger partial charge is 0.763 e. The second-order valence-corrected chi connectivity index (χ2v) is 5.11. The van der Waals surface area contributed by atoms with Crippen LogP contribution in [0.1, 0.15) is 31.1 Å². The van der Waals surface area contributed by atoms with Crippen molar-refractivity contribution in [3.63, 3.8) is 0 Å². The number of ether oxygens (including phenoxy) is 1. The Bertz CT molecular complexity index is 635. The predicted octanol–water partition coefficient (Wildman–Crippen LogP) is 2.59. The van der Waals surface area contributed by atoms with Crippen LogP contribution in [0.5, 0.6) is 0 Å². The van der Waals surface area contributed by atoms with Crippen LogP contribution in [-0.4, -0.2) is 34.7 Å². The van der Waals surface area contributed by atoms with E-state index in [2.05, 4.69) is 4.99 Å². The molecular formula is C15H15N2O4-. The van der Waals surface area contributed by atoms with Gasteiger partial charge in [0.25, 0.3) is 0 Å². The monoisotopic (exact) mass is 287 g/mol. The Morgan fingerprint density at radius 3 is 2.48 bits per heavy atom. The molecule has 6 nitrogen and oxygen atoms in total. The van der Waals surface area contributed by atoms with E-state index in [1.54, 1.807) is 38.8 Å². The fourth-order valence-corrected chi connectivity index (χ4v) is 1.36. The van der Waals surface area contributed by atoms with E-state index < -0.39 is 17.5 Å². The minimum atomic E-state index is -1.14. The Hall–Kier alpha value is -2.72. The van der Waals surface area contributed by atoms with Gasteiger partial charge in [-0.25, -0.2) is 9.59 Å². The van der Waals surface area contributed by atoms with Crippen molar-refractivity contribution in [2.45, 2.75) is 26.4 Å². The summed E-state index contributed by atoms with van der Waals surface area (Å²) in [4.78, 5) is 26.6. The van der Waals surface area contributed by atoms with Gasteiger partial charge < -0.3 is 15.3 Å². The first kappa shape index (κ1) is 16.3. The predicted molar refractivity (Wildman–Crippen MR) is 79.3 cm³/mol. The maximum atomic E-state index is 11.7. The molecule has 6 heteroatoms. The molecule has 0 saturated heterocycles. The van der Waals surface area contributed by atoms with E-state index in [0.717, 1.165) is 6.21 Å². The van der Waals surface area contributed by atoms with Crippen LogP contribution in [-0.2, 0) is 9.53 Å². The number of aliphatic imine (C=N–C) groups is 1. The summed E-state index contributed by atoms with van der Waals surface area (Å²) in [5, 5.41) is 18.0. The maximum Gasteiger partial charge on any atom is 0.346 e. The van der Waals surface area contributed by atoms with E-state index in [4.69, 9.17) is 15.3 Å². The van der Waals surface area contributed by atoms with Crippen molar-refractivity contribution in [1.82, 2.24) is 0 Å². The van der Waals surface area contributed by atoms with Crippen LogP contribution in [0.15, 0.2) is 34.8 Å². The highest BCUT2D eigenvalue weighted by Gasteiger charge is 2.18. The van der Waals surface area contributed by atoms with E-state index in [0.29, 0.717) is 0 Å². The SMILES string of the molecule is CC(C)(C)OC(=O)C(=C=[N-])C=Nc1ccccc1C(=O)O. The van der Waals surface area contributed by atoms with Crippen LogP contribution in [0, 0.1) is 0 Å². The Morgan fingerprint density at radius 1 is 1.33 bits per heavy atom. The molecule has 0 aromatic heterocycles. The van der Waals surface area contributed by atoms with Crippen molar-refractivity contribution in [3.05, 3.63) is 40.8 Å². The molecule has 110 valence electrons. The average Bonchev–Trinajstić information content (AvgIpc) is 2.37. The summed E-state index contributed by atoms with van der Waals surface area (Å²) in [6.07, 6.45) is 1.01. The molecule has 0 aliphatic carbocycles. The quantitative estimate of drug-likeness (QED) is 0.522. The second kappa shape index (κ2) is 6.63. The molecule has 1 aromatic carbocycles. The molecule has 0 saturated carbocycles. The van der Waals surface area contributed by atoms with Gasteiger partial charge in [0, 0.05) is 6.21 Å². The zero-order valence-electron chi connectivity index (χ0n) is 12.0. The number of benzene rings is 1. The first-order valence-electron chi connectivity index (χ1n) is 6.11. The number of rotatable bonds is 4. The number of hydrogen-bond donors (Lipinski definition) is 1. The fourth-order valence-electron chi connectivity index (χ4n) is 1.36. The normalized spacial score (nSPS) is 11.0. The molecule has 0 spiro atoms. The number of aromatic carboxylic acids is 1. The van der Waals surface area contributed by atoms with Gasteiger partial charge in [0.15, 0.2) is 0 Å². The molecule has 1 rings (SSSR count). The van der Waals surface area contributed by atoms with Gasteiger partial charge in [-0.05, 0) is 32.9 Å². The summed E-state index contributed by atoms with van der Waals surface area (Å²) >= 11 is 0. The molecule has 0 atom stereocenters. The molecule has 0 amide bonds. The van der Waals surface area contributed by atoms with Crippen molar-refractivity contribution in [3.8, 4) is 0 Å².